The normalized spacial score (nSPS) is 11.4. The highest BCUT2D eigenvalue weighted by Crippen LogP contribution is 2.24. The maximum Gasteiger partial charge on any atom is 0.389 e. The quantitative estimate of drug-likeness (QED) is 0.428. The molecule has 8 heteroatoms. The molecule has 1 rings (SSSR count). The molecule has 1 amide bonds. The highest BCUT2D eigenvalue weighted by Gasteiger charge is 2.25. The van der Waals surface area contributed by atoms with Crippen molar-refractivity contribution < 1.29 is 22.4 Å². The largest absolute Gasteiger partial charge is 0.398 e. The van der Waals surface area contributed by atoms with Gasteiger partial charge in [0.25, 0.3) is 5.91 Å². The van der Waals surface area contributed by atoms with Crippen molar-refractivity contribution in [2.45, 2.75) is 25.4 Å². The van der Waals surface area contributed by atoms with Crippen LogP contribution in [0.25, 0.3) is 0 Å². The van der Waals surface area contributed by atoms with Crippen molar-refractivity contribution in [3.63, 3.8) is 0 Å². The number of nitrogens with two attached hydrogens (primary N) is 2. The van der Waals surface area contributed by atoms with Gasteiger partial charge >= 0.3 is 6.18 Å². The van der Waals surface area contributed by atoms with Crippen LogP contribution < -0.4 is 16.8 Å². The summed E-state index contributed by atoms with van der Waals surface area (Å²) in [6, 6.07) is 2.09. The molecule has 0 fully saturated rings. The summed E-state index contributed by atoms with van der Waals surface area (Å²) in [7, 11) is 0. The van der Waals surface area contributed by atoms with Gasteiger partial charge in [-0.15, -0.1) is 0 Å². The third-order valence-corrected chi connectivity index (χ3v) is 2.61. The monoisotopic (exact) mass is 293 g/mol. The number of halogens is 4. The van der Waals surface area contributed by atoms with Gasteiger partial charge in [0.15, 0.2) is 0 Å². The summed E-state index contributed by atoms with van der Waals surface area (Å²) >= 11 is 0. The Labute approximate surface area is 113 Å². The summed E-state index contributed by atoms with van der Waals surface area (Å²) in [6.07, 6.45) is -4.91. The first kappa shape index (κ1) is 16.1. The number of primary amides is 1. The number of unbranched alkanes of at least 4 members (excludes halogenated alkanes) is 1. The molecule has 0 atom stereocenters. The Hall–Kier alpha value is -1.99. The minimum absolute atomic E-state index is 0.0139. The third-order valence-electron chi connectivity index (χ3n) is 2.61. The zero-order chi connectivity index (χ0) is 15.3. The number of amides is 1. The molecule has 20 heavy (non-hydrogen) atoms. The lowest BCUT2D eigenvalue weighted by atomic mass is 10.1. The molecule has 5 N–H and O–H groups in total. The van der Waals surface area contributed by atoms with Gasteiger partial charge < -0.3 is 16.8 Å². The van der Waals surface area contributed by atoms with Gasteiger partial charge in [-0.25, -0.2) is 4.39 Å². The molecule has 0 unspecified atom stereocenters. The van der Waals surface area contributed by atoms with Crippen LogP contribution in [0.4, 0.5) is 28.9 Å². The Kier molecular flexibility index (Phi) is 5.18. The summed E-state index contributed by atoms with van der Waals surface area (Å²) in [5.74, 6) is -1.49. The van der Waals surface area contributed by atoms with E-state index >= 15 is 0 Å². The van der Waals surface area contributed by atoms with E-state index in [0.29, 0.717) is 0 Å². The number of carbonyl (C=O) groups excluding carboxylic acids is 1. The van der Waals surface area contributed by atoms with Crippen LogP contribution >= 0.6 is 0 Å². The molecule has 0 heterocycles. The fourth-order valence-electron chi connectivity index (χ4n) is 1.61. The molecule has 0 radical (unpaired) electrons. The van der Waals surface area contributed by atoms with Crippen molar-refractivity contribution in [3.8, 4) is 0 Å². The van der Waals surface area contributed by atoms with Crippen LogP contribution in [0.2, 0.25) is 0 Å². The van der Waals surface area contributed by atoms with Gasteiger partial charge in [-0.05, 0) is 25.0 Å². The second kappa shape index (κ2) is 6.44. The molecule has 0 spiro atoms. The molecular formula is C12H15F4N3O. The predicted octanol–water partition coefficient (Wildman–Crippen LogP) is 2.65. The van der Waals surface area contributed by atoms with E-state index in [4.69, 9.17) is 11.5 Å². The van der Waals surface area contributed by atoms with E-state index in [0.717, 1.165) is 12.1 Å². The average Bonchev–Trinajstić information content (AvgIpc) is 2.29. The Balaban J connectivity index is 2.56. The number of rotatable bonds is 6. The lowest BCUT2D eigenvalue weighted by Gasteiger charge is -2.11. The first-order valence-electron chi connectivity index (χ1n) is 5.90. The molecule has 0 aliphatic carbocycles. The van der Waals surface area contributed by atoms with Crippen LogP contribution in [0.15, 0.2) is 12.1 Å². The Morgan fingerprint density at radius 3 is 2.45 bits per heavy atom. The molecule has 112 valence electrons. The zero-order valence-electron chi connectivity index (χ0n) is 10.6. The number of carbonyl (C=O) groups is 1. The smallest absolute Gasteiger partial charge is 0.389 e. The second-order valence-electron chi connectivity index (χ2n) is 4.28. The van der Waals surface area contributed by atoms with Crippen molar-refractivity contribution in [2.75, 3.05) is 17.6 Å². The van der Waals surface area contributed by atoms with Gasteiger partial charge in [0.2, 0.25) is 0 Å². The minimum Gasteiger partial charge on any atom is -0.398 e. The number of nitrogens with one attached hydrogen (secondary N) is 1. The van der Waals surface area contributed by atoms with Crippen molar-refractivity contribution in [2.24, 2.45) is 5.73 Å². The lowest BCUT2D eigenvalue weighted by molar-refractivity contribution is -0.135. The fourth-order valence-corrected chi connectivity index (χ4v) is 1.61. The Bertz CT molecular complexity index is 488. The summed E-state index contributed by atoms with van der Waals surface area (Å²) in [6.45, 7) is 0.148. The van der Waals surface area contributed by atoms with E-state index < -0.39 is 24.3 Å². The number of nitrogen functional groups attached to an aromatic ring is 1. The molecule has 4 nitrogen and oxygen atoms in total. The summed E-state index contributed by atoms with van der Waals surface area (Å²) < 4.78 is 49.2. The molecular weight excluding hydrogens is 278 g/mol. The average molecular weight is 293 g/mol. The van der Waals surface area contributed by atoms with Gasteiger partial charge in [-0.3, -0.25) is 4.79 Å². The number of anilines is 2. The Morgan fingerprint density at radius 1 is 1.25 bits per heavy atom. The number of hydrogen-bond acceptors (Lipinski definition) is 3. The van der Waals surface area contributed by atoms with Gasteiger partial charge in [0.1, 0.15) is 5.82 Å². The van der Waals surface area contributed by atoms with Crippen LogP contribution in [0.1, 0.15) is 29.6 Å². The van der Waals surface area contributed by atoms with Crippen molar-refractivity contribution in [1.29, 1.82) is 0 Å². The maximum atomic E-state index is 13.5. The van der Waals surface area contributed by atoms with Crippen LogP contribution in [0, 0.1) is 5.82 Å². The van der Waals surface area contributed by atoms with Gasteiger partial charge in [0.05, 0.1) is 11.3 Å². The van der Waals surface area contributed by atoms with E-state index in [1.165, 1.54) is 0 Å². The van der Waals surface area contributed by atoms with Crippen molar-refractivity contribution >= 4 is 17.3 Å². The SMILES string of the molecule is NC(=O)c1cc(NCCCCC(F)(F)F)c(F)cc1N. The molecule has 0 aromatic heterocycles. The number of hydrogen-bond donors (Lipinski definition) is 3. The van der Waals surface area contributed by atoms with Crippen LogP contribution in [0.5, 0.6) is 0 Å². The van der Waals surface area contributed by atoms with Gasteiger partial charge in [0, 0.05) is 18.7 Å². The van der Waals surface area contributed by atoms with E-state index in [1.54, 1.807) is 0 Å². The molecule has 0 aliphatic heterocycles. The predicted molar refractivity (Wildman–Crippen MR) is 67.7 cm³/mol. The fraction of sp³-hybridized carbons (Fsp3) is 0.417. The molecule has 1 aromatic carbocycles. The highest BCUT2D eigenvalue weighted by molar-refractivity contribution is 5.99. The summed E-state index contributed by atoms with van der Waals surface area (Å²) in [4.78, 5) is 11.0. The standard InChI is InChI=1S/C12H15F4N3O/c13-8-6-9(17)7(11(18)20)5-10(8)19-4-2-1-3-12(14,15)16/h5-6,19H,1-4,17H2,(H2,18,20). The molecule has 0 saturated heterocycles. The van der Waals surface area contributed by atoms with E-state index in [9.17, 15) is 22.4 Å². The second-order valence-corrected chi connectivity index (χ2v) is 4.28. The van der Waals surface area contributed by atoms with Gasteiger partial charge in [-0.1, -0.05) is 0 Å². The summed E-state index contributed by atoms with van der Waals surface area (Å²) in [5, 5.41) is 2.62. The van der Waals surface area contributed by atoms with Crippen LogP contribution in [0.3, 0.4) is 0 Å². The third kappa shape index (κ3) is 4.94. The molecule has 0 bridgehead atoms. The van der Waals surface area contributed by atoms with Gasteiger partial charge in [-0.2, -0.15) is 13.2 Å². The lowest BCUT2D eigenvalue weighted by Crippen LogP contribution is -2.15. The van der Waals surface area contributed by atoms with Crippen LogP contribution in [-0.4, -0.2) is 18.6 Å². The molecule has 0 saturated carbocycles. The molecule has 0 aliphatic rings. The van der Waals surface area contributed by atoms with Crippen molar-refractivity contribution in [3.05, 3.63) is 23.5 Å². The van der Waals surface area contributed by atoms with E-state index in [2.05, 4.69) is 5.32 Å². The zero-order valence-corrected chi connectivity index (χ0v) is 10.6. The first-order chi connectivity index (χ1) is 9.20. The summed E-state index contributed by atoms with van der Waals surface area (Å²) in [5.41, 5.74) is 10.3. The molecule has 1 aromatic rings. The number of benzene rings is 1. The minimum atomic E-state index is -4.19. The van der Waals surface area contributed by atoms with E-state index in [1.807, 2.05) is 0 Å². The van der Waals surface area contributed by atoms with Crippen LogP contribution in [-0.2, 0) is 0 Å². The topological polar surface area (TPSA) is 81.1 Å². The maximum absolute atomic E-state index is 13.5. The Morgan fingerprint density at radius 2 is 1.90 bits per heavy atom. The highest BCUT2D eigenvalue weighted by atomic mass is 19.4. The van der Waals surface area contributed by atoms with E-state index in [-0.39, 0.29) is 36.3 Å². The first-order valence-corrected chi connectivity index (χ1v) is 5.90. The van der Waals surface area contributed by atoms with Crippen molar-refractivity contribution in [1.82, 2.24) is 0 Å². The number of alkyl halides is 3.